The Morgan fingerprint density at radius 1 is 0.846 bits per heavy atom. The Morgan fingerprint density at radius 3 is 1.90 bits per heavy atom. The van der Waals surface area contributed by atoms with Gasteiger partial charge in [-0.05, 0) is 75.9 Å². The van der Waals surface area contributed by atoms with Gasteiger partial charge in [-0.2, -0.15) is 0 Å². The van der Waals surface area contributed by atoms with Gasteiger partial charge in [0.15, 0.2) is 0 Å². The summed E-state index contributed by atoms with van der Waals surface area (Å²) in [6.07, 6.45) is 4.78. The van der Waals surface area contributed by atoms with E-state index in [4.69, 9.17) is 16.1 Å². The fourth-order valence-corrected chi connectivity index (χ4v) is 4.86. The van der Waals surface area contributed by atoms with Crippen molar-refractivity contribution in [1.29, 1.82) is 0 Å². The zero-order valence-electron chi connectivity index (χ0n) is 23.4. The van der Waals surface area contributed by atoms with Gasteiger partial charge in [0.05, 0.1) is 11.6 Å². The van der Waals surface area contributed by atoms with Crippen LogP contribution in [0.15, 0.2) is 89.9 Å². The Bertz CT molecular complexity index is 1370. The van der Waals surface area contributed by atoms with Crippen LogP contribution < -0.4 is 11.5 Å². The second-order valence-electron chi connectivity index (χ2n) is 11.6. The molecule has 0 aromatic heterocycles. The zero-order valence-corrected chi connectivity index (χ0v) is 23.4. The predicted octanol–water partition coefficient (Wildman–Crippen LogP) is 6.95. The molecule has 0 amide bonds. The van der Waals surface area contributed by atoms with Crippen LogP contribution in [0.2, 0.25) is 0 Å². The number of nitrogens with zero attached hydrogens (tertiary/aromatic N) is 1. The van der Waals surface area contributed by atoms with Gasteiger partial charge in [-0.3, -0.25) is 9.70 Å². The summed E-state index contributed by atoms with van der Waals surface area (Å²) in [6.45, 7) is 10.5. The van der Waals surface area contributed by atoms with Crippen LogP contribution in [0.1, 0.15) is 63.3 Å². The molecule has 0 fully saturated rings. The van der Waals surface area contributed by atoms with E-state index in [1.165, 1.54) is 7.62 Å². The van der Waals surface area contributed by atoms with Gasteiger partial charge < -0.3 is 16.1 Å². The number of anilines is 2. The summed E-state index contributed by atoms with van der Waals surface area (Å²) in [5, 5.41) is 0. The number of benzene rings is 3. The van der Waals surface area contributed by atoms with Crippen molar-refractivity contribution in [3.05, 3.63) is 107 Å². The molecule has 39 heavy (non-hydrogen) atoms. The van der Waals surface area contributed by atoms with E-state index in [0.29, 0.717) is 11.4 Å². The number of fused-ring (bicyclic) bond motifs is 1. The van der Waals surface area contributed by atoms with Crippen LogP contribution in [0, 0.1) is 17.3 Å². The molecule has 0 spiro atoms. The molecule has 3 aromatic carbocycles. The fraction of sp³-hybridized carbons (Fsp3) is 0.273. The third-order valence-corrected chi connectivity index (χ3v) is 6.87. The van der Waals surface area contributed by atoms with E-state index in [9.17, 15) is 4.79 Å². The van der Waals surface area contributed by atoms with Crippen molar-refractivity contribution in [2.24, 2.45) is 22.2 Å². The predicted molar refractivity (Wildman–Crippen MR) is 164 cm³/mol. The van der Waals surface area contributed by atoms with Crippen LogP contribution in [0.4, 0.5) is 11.4 Å². The van der Waals surface area contributed by atoms with Gasteiger partial charge in [0.2, 0.25) is 0 Å². The lowest BCUT2D eigenvalue weighted by molar-refractivity contribution is -0.141. The average Bonchev–Trinajstić information content (AvgIpc) is 2.89. The van der Waals surface area contributed by atoms with Gasteiger partial charge >= 0.3 is 7.62 Å². The monoisotopic (exact) mass is 518 g/mol. The number of carbonyl (C=O) groups is 1. The molecule has 0 heterocycles. The molecule has 1 aliphatic carbocycles. The number of hydrogen-bond donors (Lipinski definition) is 2. The number of nitrogen functional groups attached to an aromatic ring is 2. The summed E-state index contributed by atoms with van der Waals surface area (Å²) in [5.41, 5.74) is 20.4. The highest BCUT2D eigenvalue weighted by Gasteiger charge is 2.29. The number of rotatable bonds is 7. The van der Waals surface area contributed by atoms with Crippen LogP contribution in [0.5, 0.6) is 0 Å². The molecule has 4 rings (SSSR count). The molecule has 1 unspecified atom stereocenters. The van der Waals surface area contributed by atoms with E-state index in [0.717, 1.165) is 45.5 Å². The van der Waals surface area contributed by atoms with Crippen LogP contribution in [0.3, 0.4) is 0 Å². The molecule has 5 nitrogen and oxygen atoms in total. The van der Waals surface area contributed by atoms with Crippen molar-refractivity contribution < 1.29 is 9.45 Å². The number of carbonyl (C=O) groups excluding carboxylic acids is 1. The molecular formula is C33H37BN3O2. The first kappa shape index (κ1) is 28.0. The SMILES string of the molecule is CC(C)C(CC(C)(C)C)C(=O)O[B]N=C1C=CC(=C(c2ccc(N)cc2)c2ccc(N)cc2)c2ccccc21. The number of allylic oxidation sites excluding steroid dienone is 3. The average molecular weight is 518 g/mol. The maximum absolute atomic E-state index is 12.9. The second-order valence-corrected chi connectivity index (χ2v) is 11.6. The van der Waals surface area contributed by atoms with E-state index in [1.807, 2.05) is 72.8 Å². The maximum Gasteiger partial charge on any atom is 0.544 e. The van der Waals surface area contributed by atoms with Crippen molar-refractivity contribution in [1.82, 2.24) is 0 Å². The minimum absolute atomic E-state index is 0.0281. The summed E-state index contributed by atoms with van der Waals surface area (Å²) in [6, 6.07) is 23.9. The molecule has 0 aliphatic heterocycles. The smallest absolute Gasteiger partial charge is 0.515 e. The van der Waals surface area contributed by atoms with E-state index < -0.39 is 0 Å². The van der Waals surface area contributed by atoms with Gasteiger partial charge in [-0.15, -0.1) is 0 Å². The van der Waals surface area contributed by atoms with E-state index in [-0.39, 0.29) is 23.2 Å². The molecule has 3 aromatic rings. The molecule has 4 N–H and O–H groups in total. The van der Waals surface area contributed by atoms with Gasteiger partial charge in [-0.25, -0.2) is 0 Å². The Balaban J connectivity index is 1.70. The van der Waals surface area contributed by atoms with E-state index >= 15 is 0 Å². The molecule has 199 valence electrons. The normalized spacial score (nSPS) is 14.7. The first-order valence-corrected chi connectivity index (χ1v) is 13.4. The Labute approximate surface area is 233 Å². The molecule has 1 radical (unpaired) electrons. The van der Waals surface area contributed by atoms with Crippen LogP contribution in [0.25, 0.3) is 11.1 Å². The highest BCUT2D eigenvalue weighted by atomic mass is 16.5. The minimum atomic E-state index is -0.244. The lowest BCUT2D eigenvalue weighted by Crippen LogP contribution is -2.28. The number of nitrogens with two attached hydrogens (primary N) is 2. The minimum Gasteiger partial charge on any atom is -0.515 e. The summed E-state index contributed by atoms with van der Waals surface area (Å²) >= 11 is 0. The fourth-order valence-electron chi connectivity index (χ4n) is 4.86. The first-order chi connectivity index (χ1) is 18.5. The molecule has 0 saturated carbocycles. The van der Waals surface area contributed by atoms with Gasteiger partial charge in [0.1, 0.15) is 0 Å². The van der Waals surface area contributed by atoms with Crippen LogP contribution in [-0.2, 0) is 9.45 Å². The maximum atomic E-state index is 12.9. The number of hydrogen-bond acceptors (Lipinski definition) is 5. The topological polar surface area (TPSA) is 90.7 Å². The molecule has 6 heteroatoms. The largest absolute Gasteiger partial charge is 0.544 e. The van der Waals surface area contributed by atoms with Crippen LogP contribution in [-0.4, -0.2) is 19.3 Å². The lowest BCUT2D eigenvalue weighted by atomic mass is 9.79. The van der Waals surface area contributed by atoms with Crippen molar-refractivity contribution >= 4 is 41.8 Å². The highest BCUT2D eigenvalue weighted by molar-refractivity contribution is 6.35. The van der Waals surface area contributed by atoms with Crippen molar-refractivity contribution in [3.63, 3.8) is 0 Å². The molecular weight excluding hydrogens is 481 g/mol. The standard InChI is InChI=1S/C33H37BN3O2/c1-21(2)29(20-33(3,4)5)32(38)39-34-37-30-19-18-28(26-8-6-7-9-27(26)30)31(22-10-14-24(35)15-11-22)23-12-16-25(36)17-13-23/h6-19,21,29H,20,35-36H2,1-5H3. The Hall–Kier alpha value is -4.06. The molecule has 1 aliphatic rings. The Morgan fingerprint density at radius 2 is 1.38 bits per heavy atom. The third kappa shape index (κ3) is 6.88. The molecule has 0 saturated heterocycles. The van der Waals surface area contributed by atoms with Gasteiger partial charge in [0.25, 0.3) is 5.97 Å². The summed E-state index contributed by atoms with van der Waals surface area (Å²) in [4.78, 5) is 17.5. The zero-order chi connectivity index (χ0) is 28.2. The molecule has 1 atom stereocenters. The third-order valence-electron chi connectivity index (χ3n) is 6.87. The summed E-state index contributed by atoms with van der Waals surface area (Å²) in [5.74, 6) is -0.250. The van der Waals surface area contributed by atoms with Gasteiger partial charge in [-0.1, -0.05) is 89.2 Å². The summed E-state index contributed by atoms with van der Waals surface area (Å²) in [7, 11) is 1.28. The Kier molecular flexibility index (Phi) is 8.44. The second kappa shape index (κ2) is 11.8. The summed E-state index contributed by atoms with van der Waals surface area (Å²) < 4.78 is 5.54. The van der Waals surface area contributed by atoms with Crippen molar-refractivity contribution in [3.8, 4) is 0 Å². The highest BCUT2D eigenvalue weighted by Crippen LogP contribution is 2.37. The van der Waals surface area contributed by atoms with Crippen molar-refractivity contribution in [2.45, 2.75) is 41.0 Å². The van der Waals surface area contributed by atoms with E-state index in [1.54, 1.807) is 0 Å². The van der Waals surface area contributed by atoms with Crippen molar-refractivity contribution in [2.75, 3.05) is 11.5 Å². The quantitative estimate of drug-likeness (QED) is 0.261. The van der Waals surface area contributed by atoms with E-state index in [2.05, 4.69) is 51.7 Å². The lowest BCUT2D eigenvalue weighted by Gasteiger charge is -2.27. The van der Waals surface area contributed by atoms with Gasteiger partial charge in [0, 0.05) is 16.9 Å². The molecule has 0 bridgehead atoms. The first-order valence-electron chi connectivity index (χ1n) is 13.4. The van der Waals surface area contributed by atoms with Crippen LogP contribution >= 0.6 is 0 Å².